The highest BCUT2D eigenvalue weighted by molar-refractivity contribution is 5.92. The predicted octanol–water partition coefficient (Wildman–Crippen LogP) is 6.46. The molecule has 38 heavy (non-hydrogen) atoms. The molecule has 0 saturated carbocycles. The summed E-state index contributed by atoms with van der Waals surface area (Å²) in [5.41, 5.74) is 2.05. The smallest absolute Gasteiger partial charge is 0.408 e. The fourth-order valence-corrected chi connectivity index (χ4v) is 4.43. The van der Waals surface area contributed by atoms with Gasteiger partial charge in [0.2, 0.25) is 11.8 Å². The highest BCUT2D eigenvalue weighted by Gasteiger charge is 2.41. The molecule has 0 aliphatic heterocycles. The van der Waals surface area contributed by atoms with Crippen LogP contribution in [-0.2, 0) is 14.3 Å². The Balaban J connectivity index is 3.73. The number of amides is 3. The standard InChI is InChI=1S/C31H53N3O4/c1-13-22(7)26(33-30(37)38-31(10,11)12)29(36)34(24(9)17-14-19(2)3)27(28(35)32-20(4)5)25-18-21(6)15-16-23(25)8/h15-16,18-20,22,24,26-27H,13-14,17H2,1-12H3,(H,32,35)(H,33,37). The molecule has 7 nitrogen and oxygen atoms in total. The molecule has 0 spiro atoms. The SMILES string of the molecule is CCC(C)C(NC(=O)OC(C)(C)C)C(=O)N(C(C)CCC(C)C)C(C(=O)NC(C)C)c1cc(C)ccc1C. The second kappa shape index (κ2) is 14.5. The Morgan fingerprint density at radius 3 is 2.05 bits per heavy atom. The lowest BCUT2D eigenvalue weighted by Crippen LogP contribution is -2.57. The summed E-state index contributed by atoms with van der Waals surface area (Å²) < 4.78 is 5.51. The topological polar surface area (TPSA) is 87.7 Å². The van der Waals surface area contributed by atoms with E-state index in [0.717, 1.165) is 29.5 Å². The van der Waals surface area contributed by atoms with Crippen LogP contribution in [0, 0.1) is 25.7 Å². The molecule has 0 bridgehead atoms. The molecular weight excluding hydrogens is 478 g/mol. The summed E-state index contributed by atoms with van der Waals surface area (Å²) in [6, 6.07) is 4.00. The Hall–Kier alpha value is -2.57. The number of hydrogen-bond donors (Lipinski definition) is 2. The maximum absolute atomic E-state index is 14.5. The van der Waals surface area contributed by atoms with Gasteiger partial charge in [0.1, 0.15) is 17.7 Å². The summed E-state index contributed by atoms with van der Waals surface area (Å²) in [4.78, 5) is 42.9. The van der Waals surface area contributed by atoms with Crippen molar-refractivity contribution in [1.82, 2.24) is 15.5 Å². The van der Waals surface area contributed by atoms with Gasteiger partial charge in [-0.3, -0.25) is 9.59 Å². The van der Waals surface area contributed by atoms with Gasteiger partial charge in [0.05, 0.1) is 0 Å². The molecule has 1 aromatic carbocycles. The van der Waals surface area contributed by atoms with Crippen LogP contribution >= 0.6 is 0 Å². The maximum Gasteiger partial charge on any atom is 0.408 e. The summed E-state index contributed by atoms with van der Waals surface area (Å²) in [5.74, 6) is -0.213. The van der Waals surface area contributed by atoms with Crippen LogP contribution in [0.15, 0.2) is 18.2 Å². The first kappa shape index (κ1) is 33.5. The van der Waals surface area contributed by atoms with E-state index in [1.807, 2.05) is 66.7 Å². The Morgan fingerprint density at radius 2 is 1.55 bits per heavy atom. The minimum Gasteiger partial charge on any atom is -0.444 e. The Bertz CT molecular complexity index is 936. The third-order valence-corrected chi connectivity index (χ3v) is 6.73. The van der Waals surface area contributed by atoms with Crippen LogP contribution in [0.1, 0.15) is 111 Å². The number of carbonyl (C=O) groups is 3. The lowest BCUT2D eigenvalue weighted by Gasteiger charge is -2.40. The molecule has 1 aromatic rings. The molecule has 1 rings (SSSR count). The third-order valence-electron chi connectivity index (χ3n) is 6.73. The van der Waals surface area contributed by atoms with Gasteiger partial charge in [-0.05, 0) is 91.2 Å². The average Bonchev–Trinajstić information content (AvgIpc) is 2.78. The molecule has 0 heterocycles. The molecule has 4 unspecified atom stereocenters. The van der Waals surface area contributed by atoms with E-state index in [2.05, 4.69) is 24.5 Å². The van der Waals surface area contributed by atoms with Crippen molar-refractivity contribution in [2.24, 2.45) is 11.8 Å². The second-order valence-corrected chi connectivity index (χ2v) is 12.5. The zero-order chi connectivity index (χ0) is 29.4. The molecule has 216 valence electrons. The number of nitrogens with zero attached hydrogens (tertiary/aromatic N) is 1. The van der Waals surface area contributed by atoms with E-state index in [-0.39, 0.29) is 29.8 Å². The molecule has 2 N–H and O–H groups in total. The fraction of sp³-hybridized carbons (Fsp3) is 0.710. The van der Waals surface area contributed by atoms with Crippen LogP contribution in [0.5, 0.6) is 0 Å². The van der Waals surface area contributed by atoms with Crippen LogP contribution < -0.4 is 10.6 Å². The van der Waals surface area contributed by atoms with Gasteiger partial charge in [-0.1, -0.05) is 57.9 Å². The van der Waals surface area contributed by atoms with E-state index in [1.165, 1.54) is 0 Å². The van der Waals surface area contributed by atoms with Crippen LogP contribution in [0.3, 0.4) is 0 Å². The minimum absolute atomic E-state index is 0.0942. The molecular formula is C31H53N3O4. The van der Waals surface area contributed by atoms with Crippen molar-refractivity contribution in [3.05, 3.63) is 34.9 Å². The zero-order valence-corrected chi connectivity index (χ0v) is 25.9. The van der Waals surface area contributed by atoms with E-state index < -0.39 is 23.8 Å². The van der Waals surface area contributed by atoms with Crippen molar-refractivity contribution in [3.8, 4) is 0 Å². The zero-order valence-electron chi connectivity index (χ0n) is 25.9. The first-order chi connectivity index (χ1) is 17.5. The van der Waals surface area contributed by atoms with Gasteiger partial charge in [0.25, 0.3) is 0 Å². The van der Waals surface area contributed by atoms with E-state index in [0.29, 0.717) is 12.3 Å². The number of hydrogen-bond acceptors (Lipinski definition) is 4. The highest BCUT2D eigenvalue weighted by Crippen LogP contribution is 2.31. The average molecular weight is 532 g/mol. The van der Waals surface area contributed by atoms with Crippen LogP contribution in [0.2, 0.25) is 0 Å². The third kappa shape index (κ3) is 10.3. The van der Waals surface area contributed by atoms with E-state index in [1.54, 1.807) is 25.7 Å². The number of aryl methyl sites for hydroxylation is 2. The quantitative estimate of drug-likeness (QED) is 0.324. The molecule has 7 heteroatoms. The minimum atomic E-state index is -0.837. The number of nitrogens with one attached hydrogen (secondary N) is 2. The lowest BCUT2D eigenvalue weighted by atomic mass is 9.91. The summed E-state index contributed by atoms with van der Waals surface area (Å²) in [5, 5.41) is 5.90. The van der Waals surface area contributed by atoms with Crippen molar-refractivity contribution in [1.29, 1.82) is 0 Å². The van der Waals surface area contributed by atoms with Crippen LogP contribution in [-0.4, -0.2) is 46.5 Å². The monoisotopic (exact) mass is 531 g/mol. The largest absolute Gasteiger partial charge is 0.444 e. The van der Waals surface area contributed by atoms with Crippen molar-refractivity contribution in [3.63, 3.8) is 0 Å². The summed E-state index contributed by atoms with van der Waals surface area (Å²) in [7, 11) is 0. The Labute approximate surface area is 231 Å². The van der Waals surface area contributed by atoms with Gasteiger partial charge in [-0.25, -0.2) is 4.79 Å². The molecule has 0 radical (unpaired) electrons. The number of alkyl carbamates (subject to hydrolysis) is 1. The molecule has 3 amide bonds. The molecule has 0 aliphatic carbocycles. The van der Waals surface area contributed by atoms with E-state index >= 15 is 0 Å². The van der Waals surface area contributed by atoms with Crippen molar-refractivity contribution >= 4 is 17.9 Å². The van der Waals surface area contributed by atoms with Gasteiger partial charge in [-0.2, -0.15) is 0 Å². The molecule has 0 aromatic heterocycles. The van der Waals surface area contributed by atoms with Gasteiger partial charge < -0.3 is 20.3 Å². The van der Waals surface area contributed by atoms with Gasteiger partial charge in [-0.15, -0.1) is 0 Å². The fourth-order valence-electron chi connectivity index (χ4n) is 4.43. The lowest BCUT2D eigenvalue weighted by molar-refractivity contribution is -0.146. The molecule has 0 saturated heterocycles. The van der Waals surface area contributed by atoms with E-state index in [9.17, 15) is 14.4 Å². The van der Waals surface area contributed by atoms with Gasteiger partial charge in [0, 0.05) is 12.1 Å². The number of carbonyl (C=O) groups excluding carboxylic acids is 3. The normalized spacial score (nSPS) is 15.0. The first-order valence-corrected chi connectivity index (χ1v) is 14.2. The number of rotatable bonds is 12. The van der Waals surface area contributed by atoms with Crippen molar-refractivity contribution in [2.75, 3.05) is 0 Å². The Kier molecular flexibility index (Phi) is 12.8. The molecule has 0 fully saturated rings. The number of benzene rings is 1. The molecule has 4 atom stereocenters. The van der Waals surface area contributed by atoms with Crippen LogP contribution in [0.25, 0.3) is 0 Å². The summed E-state index contributed by atoms with van der Waals surface area (Å²) in [6.45, 7) is 23.4. The van der Waals surface area contributed by atoms with Gasteiger partial charge >= 0.3 is 6.09 Å². The van der Waals surface area contributed by atoms with Gasteiger partial charge in [0.15, 0.2) is 0 Å². The van der Waals surface area contributed by atoms with Crippen molar-refractivity contribution < 1.29 is 19.1 Å². The maximum atomic E-state index is 14.5. The number of ether oxygens (including phenoxy) is 1. The summed E-state index contributed by atoms with van der Waals surface area (Å²) >= 11 is 0. The highest BCUT2D eigenvalue weighted by atomic mass is 16.6. The van der Waals surface area contributed by atoms with E-state index in [4.69, 9.17) is 4.74 Å². The summed E-state index contributed by atoms with van der Waals surface area (Å²) in [6.07, 6.45) is 1.68. The Morgan fingerprint density at radius 1 is 0.947 bits per heavy atom. The predicted molar refractivity (Wildman–Crippen MR) is 155 cm³/mol. The van der Waals surface area contributed by atoms with Crippen LogP contribution in [0.4, 0.5) is 4.79 Å². The first-order valence-electron chi connectivity index (χ1n) is 14.2. The van der Waals surface area contributed by atoms with Crippen molar-refractivity contribution in [2.45, 2.75) is 132 Å². The molecule has 0 aliphatic rings. The second-order valence-electron chi connectivity index (χ2n) is 12.5.